The highest BCUT2D eigenvalue weighted by molar-refractivity contribution is 7.89. The lowest BCUT2D eigenvalue weighted by Gasteiger charge is -2.16. The molecule has 8 heteroatoms. The maximum Gasteiger partial charge on any atom is 0.251 e. The van der Waals surface area contributed by atoms with Crippen LogP contribution in [0.1, 0.15) is 28.4 Å². The summed E-state index contributed by atoms with van der Waals surface area (Å²) in [7, 11) is 0.495. The van der Waals surface area contributed by atoms with Gasteiger partial charge in [0.15, 0.2) is 0 Å². The summed E-state index contributed by atoms with van der Waals surface area (Å²) >= 11 is 0. The highest BCUT2D eigenvalue weighted by Gasteiger charge is 2.23. The van der Waals surface area contributed by atoms with E-state index < -0.39 is 10.0 Å². The van der Waals surface area contributed by atoms with Crippen LogP contribution in [0.5, 0.6) is 5.75 Å². The van der Waals surface area contributed by atoms with Gasteiger partial charge in [-0.05, 0) is 36.2 Å². The molecule has 1 N–H and O–H groups in total. The molecule has 0 saturated heterocycles. The number of ether oxygens (including phenoxy) is 2. The molecule has 0 radical (unpaired) electrons. The SMILES string of the molecule is CCOCc1ccccc1CNC(=O)c1ccc(OC)c(S(=O)(=O)N(C)C)c1. The molecule has 0 atom stereocenters. The molecule has 0 saturated carbocycles. The van der Waals surface area contributed by atoms with E-state index >= 15 is 0 Å². The quantitative estimate of drug-likeness (QED) is 0.691. The van der Waals surface area contributed by atoms with Crippen LogP contribution in [0.25, 0.3) is 0 Å². The molecule has 2 aromatic rings. The summed E-state index contributed by atoms with van der Waals surface area (Å²) in [5.41, 5.74) is 2.18. The van der Waals surface area contributed by atoms with Crippen molar-refractivity contribution in [1.29, 1.82) is 0 Å². The number of sulfonamides is 1. The summed E-state index contributed by atoms with van der Waals surface area (Å²) < 4.78 is 36.7. The van der Waals surface area contributed by atoms with Crippen molar-refractivity contribution in [1.82, 2.24) is 9.62 Å². The van der Waals surface area contributed by atoms with Crippen LogP contribution in [-0.2, 0) is 27.9 Å². The van der Waals surface area contributed by atoms with Crippen LogP contribution in [0.15, 0.2) is 47.4 Å². The normalized spacial score (nSPS) is 11.5. The number of carbonyl (C=O) groups is 1. The molecular weight excluding hydrogens is 380 g/mol. The van der Waals surface area contributed by atoms with Crippen molar-refractivity contribution < 1.29 is 22.7 Å². The van der Waals surface area contributed by atoms with Crippen molar-refractivity contribution in [3.63, 3.8) is 0 Å². The van der Waals surface area contributed by atoms with Crippen LogP contribution < -0.4 is 10.1 Å². The third-order valence-electron chi connectivity index (χ3n) is 4.20. The van der Waals surface area contributed by atoms with Crippen LogP contribution in [0.3, 0.4) is 0 Å². The number of amides is 1. The zero-order chi connectivity index (χ0) is 20.7. The van der Waals surface area contributed by atoms with E-state index in [1.807, 2.05) is 31.2 Å². The predicted molar refractivity (Wildman–Crippen MR) is 107 cm³/mol. The van der Waals surface area contributed by atoms with Gasteiger partial charge >= 0.3 is 0 Å². The number of hydrogen-bond donors (Lipinski definition) is 1. The Labute approximate surface area is 166 Å². The van der Waals surface area contributed by atoms with Crippen molar-refractivity contribution in [2.75, 3.05) is 27.8 Å². The fraction of sp³-hybridized carbons (Fsp3) is 0.350. The van der Waals surface area contributed by atoms with Crippen molar-refractivity contribution in [3.8, 4) is 5.75 Å². The third kappa shape index (κ3) is 5.09. The minimum atomic E-state index is -3.75. The van der Waals surface area contributed by atoms with Crippen LogP contribution in [0.4, 0.5) is 0 Å². The van der Waals surface area contributed by atoms with E-state index in [2.05, 4.69) is 5.32 Å². The molecule has 0 bridgehead atoms. The number of nitrogens with zero attached hydrogens (tertiary/aromatic N) is 1. The van der Waals surface area contributed by atoms with Crippen molar-refractivity contribution in [2.24, 2.45) is 0 Å². The average Bonchev–Trinajstić information content (AvgIpc) is 2.70. The van der Waals surface area contributed by atoms with E-state index in [-0.39, 0.29) is 22.1 Å². The topological polar surface area (TPSA) is 84.9 Å². The summed E-state index contributed by atoms with van der Waals surface area (Å²) in [5, 5.41) is 2.83. The molecule has 28 heavy (non-hydrogen) atoms. The van der Waals surface area contributed by atoms with Crippen LogP contribution in [0.2, 0.25) is 0 Å². The summed E-state index contributed by atoms with van der Waals surface area (Å²) in [6.45, 7) is 3.31. The van der Waals surface area contributed by atoms with E-state index in [9.17, 15) is 13.2 Å². The van der Waals surface area contributed by atoms with Gasteiger partial charge in [-0.25, -0.2) is 12.7 Å². The van der Waals surface area contributed by atoms with Crippen LogP contribution >= 0.6 is 0 Å². The molecule has 0 aliphatic heterocycles. The van der Waals surface area contributed by atoms with E-state index in [1.54, 1.807) is 0 Å². The Morgan fingerprint density at radius 3 is 2.39 bits per heavy atom. The van der Waals surface area contributed by atoms with Crippen LogP contribution in [0, 0.1) is 0 Å². The Hall–Kier alpha value is -2.42. The zero-order valence-electron chi connectivity index (χ0n) is 16.6. The van der Waals surface area contributed by atoms with Crippen molar-refractivity contribution in [3.05, 3.63) is 59.2 Å². The molecule has 2 rings (SSSR count). The number of carbonyl (C=O) groups excluding carboxylic acids is 1. The van der Waals surface area contributed by atoms with Crippen molar-refractivity contribution in [2.45, 2.75) is 25.0 Å². The summed E-state index contributed by atoms with van der Waals surface area (Å²) in [5.74, 6) is -0.184. The molecule has 0 fully saturated rings. The zero-order valence-corrected chi connectivity index (χ0v) is 17.4. The highest BCUT2D eigenvalue weighted by Crippen LogP contribution is 2.27. The molecule has 0 heterocycles. The maximum atomic E-state index is 12.6. The van der Waals surface area contributed by atoms with E-state index in [0.717, 1.165) is 15.4 Å². The number of rotatable bonds is 9. The van der Waals surface area contributed by atoms with E-state index in [1.165, 1.54) is 39.4 Å². The molecular formula is C20H26N2O5S. The lowest BCUT2D eigenvalue weighted by molar-refractivity contribution is 0.0949. The highest BCUT2D eigenvalue weighted by atomic mass is 32.2. The molecule has 0 spiro atoms. The lowest BCUT2D eigenvalue weighted by Crippen LogP contribution is -2.25. The molecule has 152 valence electrons. The third-order valence-corrected chi connectivity index (χ3v) is 6.04. The fourth-order valence-corrected chi connectivity index (χ4v) is 3.65. The van der Waals surface area contributed by atoms with E-state index in [0.29, 0.717) is 19.8 Å². The minimum Gasteiger partial charge on any atom is -0.495 e. The van der Waals surface area contributed by atoms with Gasteiger partial charge in [0.2, 0.25) is 10.0 Å². The predicted octanol–water partition coefficient (Wildman–Crippen LogP) is 2.41. The Bertz CT molecular complexity index is 926. The fourth-order valence-electron chi connectivity index (χ4n) is 2.58. The minimum absolute atomic E-state index is 0.0515. The Morgan fingerprint density at radius 1 is 1.11 bits per heavy atom. The number of benzene rings is 2. The molecule has 0 aliphatic rings. The second-order valence-electron chi connectivity index (χ2n) is 6.24. The second kappa shape index (κ2) is 9.68. The summed E-state index contributed by atoms with van der Waals surface area (Å²) in [6, 6.07) is 12.0. The van der Waals surface area contributed by atoms with Gasteiger partial charge in [0.05, 0.1) is 13.7 Å². The Morgan fingerprint density at radius 2 is 1.79 bits per heavy atom. The number of hydrogen-bond acceptors (Lipinski definition) is 5. The lowest BCUT2D eigenvalue weighted by atomic mass is 10.1. The van der Waals surface area contributed by atoms with Gasteiger partial charge in [-0.1, -0.05) is 24.3 Å². The molecule has 7 nitrogen and oxygen atoms in total. The van der Waals surface area contributed by atoms with Gasteiger partial charge in [0.25, 0.3) is 5.91 Å². The molecule has 0 aromatic heterocycles. The Kier molecular flexibility index (Phi) is 7.56. The Balaban J connectivity index is 2.22. The maximum absolute atomic E-state index is 12.6. The first-order chi connectivity index (χ1) is 13.3. The van der Waals surface area contributed by atoms with Crippen LogP contribution in [-0.4, -0.2) is 46.4 Å². The van der Waals surface area contributed by atoms with Gasteiger partial charge in [-0.2, -0.15) is 0 Å². The molecule has 2 aromatic carbocycles. The number of nitrogens with one attached hydrogen (secondary N) is 1. The molecule has 0 aliphatic carbocycles. The standard InChI is InChI=1S/C20H26N2O5S/c1-5-27-14-17-9-7-6-8-16(17)13-21-20(23)15-10-11-18(26-4)19(12-15)28(24,25)22(2)3/h6-12H,5,13-14H2,1-4H3,(H,21,23). The first-order valence-corrected chi connectivity index (χ1v) is 10.3. The first-order valence-electron chi connectivity index (χ1n) is 8.84. The molecule has 1 amide bonds. The van der Waals surface area contributed by atoms with E-state index in [4.69, 9.17) is 9.47 Å². The smallest absolute Gasteiger partial charge is 0.251 e. The average molecular weight is 407 g/mol. The van der Waals surface area contributed by atoms with Gasteiger partial charge < -0.3 is 14.8 Å². The largest absolute Gasteiger partial charge is 0.495 e. The van der Waals surface area contributed by atoms with Crippen molar-refractivity contribution >= 4 is 15.9 Å². The van der Waals surface area contributed by atoms with Gasteiger partial charge in [0, 0.05) is 32.8 Å². The summed E-state index contributed by atoms with van der Waals surface area (Å²) in [6.07, 6.45) is 0. The van der Waals surface area contributed by atoms with Gasteiger partial charge in [-0.15, -0.1) is 0 Å². The number of methoxy groups -OCH3 is 1. The van der Waals surface area contributed by atoms with Gasteiger partial charge in [0.1, 0.15) is 10.6 Å². The monoisotopic (exact) mass is 406 g/mol. The molecule has 0 unspecified atom stereocenters. The van der Waals surface area contributed by atoms with Gasteiger partial charge in [-0.3, -0.25) is 4.79 Å². The summed E-state index contributed by atoms with van der Waals surface area (Å²) in [4.78, 5) is 12.5. The second-order valence-corrected chi connectivity index (χ2v) is 8.36. The first kappa shape index (κ1) is 21.9.